The van der Waals surface area contributed by atoms with Crippen LogP contribution in [0, 0.1) is 6.33 Å². The number of aromatic nitrogens is 7. The molecule has 1 aliphatic rings. The Balaban J connectivity index is 0.958. The van der Waals surface area contributed by atoms with Crippen LogP contribution in [0.2, 0.25) is 0 Å². The predicted octanol–water partition coefficient (Wildman–Crippen LogP) is 16.0. The summed E-state index contributed by atoms with van der Waals surface area (Å²) < 4.78 is 111. The van der Waals surface area contributed by atoms with Crippen molar-refractivity contribution in [3.63, 3.8) is 0 Å². The van der Waals surface area contributed by atoms with Gasteiger partial charge in [0.15, 0.2) is 23.5 Å². The van der Waals surface area contributed by atoms with Gasteiger partial charge in [0, 0.05) is 28.7 Å². The molecule has 14 rings (SSSR count). The first-order chi connectivity index (χ1) is 44.6. The van der Waals surface area contributed by atoms with E-state index in [0.717, 1.165) is 55.1 Å². The summed E-state index contributed by atoms with van der Waals surface area (Å²) in [5.74, 6) is 2.50. The molecule has 6 heterocycles. The number of nitrogens with zero attached hydrogens (tertiary/aromatic N) is 7. The van der Waals surface area contributed by atoms with E-state index in [1.54, 1.807) is 24.4 Å². The maximum absolute atomic E-state index is 9.07. The van der Waals surface area contributed by atoms with Crippen LogP contribution in [0.1, 0.15) is 103 Å². The smallest absolute Gasteiger partial charge is 0.337 e. The quantitative estimate of drug-likeness (QED) is 0.0653. The first kappa shape index (κ1) is 41.5. The van der Waals surface area contributed by atoms with Gasteiger partial charge in [0.05, 0.1) is 54.0 Å². The predicted molar refractivity (Wildman–Crippen MR) is 338 cm³/mol. The number of hydrogen-bond donors (Lipinski definition) is 0. The Morgan fingerprint density at radius 1 is 0.663 bits per heavy atom. The normalized spacial score (nSPS) is 14.2. The Morgan fingerprint density at radius 3 is 2.06 bits per heavy atom. The number of para-hydroxylation sites is 3. The fraction of sp³-hybridized carbons (Fsp3) is 0.178. The Bertz CT molecular complexity index is 5070. The van der Waals surface area contributed by atoms with Crippen molar-refractivity contribution in [3.8, 4) is 57.0 Å². The van der Waals surface area contributed by atoms with Crippen LogP contribution in [0.3, 0.4) is 0 Å². The first-order valence-electron chi connectivity index (χ1n) is 33.3. The van der Waals surface area contributed by atoms with Crippen molar-refractivity contribution in [3.05, 3.63) is 241 Å². The third kappa shape index (κ3) is 9.13. The monoisotopic (exact) mass is 1090 g/mol. The van der Waals surface area contributed by atoms with Crippen LogP contribution >= 0.6 is 0 Å². The fourth-order valence-electron chi connectivity index (χ4n) is 12.2. The molecule has 0 saturated carbocycles. The molecule has 0 saturated heterocycles. The van der Waals surface area contributed by atoms with E-state index >= 15 is 0 Å². The molecule has 0 radical (unpaired) electrons. The Labute approximate surface area is 499 Å². The molecule has 0 bridgehead atoms. The molecule has 1 aliphatic heterocycles. The van der Waals surface area contributed by atoms with E-state index < -0.39 is 67.3 Å². The molecule has 5 aromatic heterocycles. The van der Waals surface area contributed by atoms with Gasteiger partial charge in [-0.15, -0.1) is 0 Å². The average Bonchev–Trinajstić information content (AvgIpc) is 1.70. The summed E-state index contributed by atoms with van der Waals surface area (Å²) in [6, 6.07) is 41.8. The van der Waals surface area contributed by atoms with E-state index in [9.17, 15) is 0 Å². The molecule has 0 aliphatic carbocycles. The van der Waals surface area contributed by atoms with E-state index in [0.29, 0.717) is 52.1 Å². The van der Waals surface area contributed by atoms with Gasteiger partial charge in [-0.3, -0.25) is 4.57 Å². The number of imidazole rings is 2. The SMILES string of the molecule is [2H]c1c([2H])c([2H])c(-c2cccc(-c3c([2H])c([2H])c([2H])c([2H])c3[2H])c2CCC[n+]2[c-]n(-c3cc(Oc4ccc5c6ccccc6n(-c6cc(C(C)(C)C)ccn6)c5c4)c4c(c3)B(c3c(C(C)C)cccc3C(C)C)n3c(nc5ccccc53)O4)c3cccnc32)c([2H])c1[2H]. The van der Waals surface area contributed by atoms with E-state index in [1.807, 2.05) is 63.9 Å². The van der Waals surface area contributed by atoms with Crippen LogP contribution in [0.25, 0.3) is 77.8 Å². The summed E-state index contributed by atoms with van der Waals surface area (Å²) in [6.07, 6.45) is 7.78. The lowest BCUT2D eigenvalue weighted by Gasteiger charge is -2.32. The second-order valence-corrected chi connectivity index (χ2v) is 22.9. The molecule has 406 valence electrons. The van der Waals surface area contributed by atoms with E-state index in [2.05, 4.69) is 137 Å². The lowest BCUT2D eigenvalue weighted by molar-refractivity contribution is -0.678. The molecule has 0 atom stereocenters. The number of aryl methyl sites for hydroxylation is 1. The summed E-state index contributed by atoms with van der Waals surface area (Å²) in [4.78, 5) is 15.1. The second-order valence-electron chi connectivity index (χ2n) is 22.9. The van der Waals surface area contributed by atoms with Crippen LogP contribution in [0.5, 0.6) is 23.3 Å². The van der Waals surface area contributed by atoms with Crippen LogP contribution in [-0.2, 0) is 18.4 Å². The number of fused-ring (bicyclic) bond motifs is 8. The molecule has 8 aromatic carbocycles. The van der Waals surface area contributed by atoms with E-state index in [1.165, 1.54) is 11.1 Å². The van der Waals surface area contributed by atoms with Crippen molar-refractivity contribution >= 4 is 61.8 Å². The van der Waals surface area contributed by atoms with Crippen LogP contribution in [0.4, 0.5) is 0 Å². The maximum Gasteiger partial charge on any atom is 0.337 e. The molecule has 9 nitrogen and oxygen atoms in total. The zero-order valence-electron chi connectivity index (χ0n) is 57.2. The lowest BCUT2D eigenvalue weighted by atomic mass is 9.46. The fourth-order valence-corrected chi connectivity index (χ4v) is 12.2. The number of ether oxygens (including phenoxy) is 2. The largest absolute Gasteiger partial charge is 0.454 e. The molecular weight excluding hydrogens is 1020 g/mol. The minimum atomic E-state index is -0.550. The molecule has 13 aromatic rings. The lowest BCUT2D eigenvalue weighted by Crippen LogP contribution is -2.54. The maximum atomic E-state index is 9.07. The molecule has 0 N–H and O–H groups in total. The zero-order chi connectivity index (χ0) is 65.2. The van der Waals surface area contributed by atoms with Crippen molar-refractivity contribution in [2.75, 3.05) is 0 Å². The van der Waals surface area contributed by atoms with Crippen LogP contribution in [-0.4, -0.2) is 35.4 Å². The topological polar surface area (TPSA) is 75.8 Å². The van der Waals surface area contributed by atoms with Crippen LogP contribution < -0.4 is 25.0 Å². The zero-order valence-corrected chi connectivity index (χ0v) is 47.2. The Kier molecular flexibility index (Phi) is 10.4. The van der Waals surface area contributed by atoms with Gasteiger partial charge < -0.3 is 23.1 Å². The summed E-state index contributed by atoms with van der Waals surface area (Å²) in [6.45, 7) is 15.3. The number of pyridine rings is 2. The Hall–Kier alpha value is -9.54. The Morgan fingerprint density at radius 2 is 1.34 bits per heavy atom. The van der Waals surface area contributed by atoms with Gasteiger partial charge >= 0.3 is 6.85 Å². The summed E-state index contributed by atoms with van der Waals surface area (Å²) >= 11 is 0. The van der Waals surface area contributed by atoms with Gasteiger partial charge in [-0.1, -0.05) is 188 Å². The first-order valence-corrected chi connectivity index (χ1v) is 28.3. The van der Waals surface area contributed by atoms with Gasteiger partial charge in [-0.05, 0) is 140 Å². The molecule has 10 heteroatoms. The summed E-state index contributed by atoms with van der Waals surface area (Å²) in [5.41, 5.74) is 11.8. The van der Waals surface area contributed by atoms with Crippen molar-refractivity contribution in [1.82, 2.24) is 28.6 Å². The highest BCUT2D eigenvalue weighted by atomic mass is 16.5. The number of hydrogen-bond acceptors (Lipinski definition) is 5. The standard InChI is InChI=1S/C73H64BN7O2/c1-47(2)54-27-18-28-55(48(3)4)69(54)74-61-43-52(79-46-78(71-65(79)35-20-39-76-71)41-21-31-58-56(49-22-10-8-11-23-49)29-19-30-57(58)50-24-12-9-13-25-50)44-67(70(61)83-72-77-62-32-15-17-34-64(62)81(72)74)82-53-36-37-60-59-26-14-16-33-63(59)80(66(60)45-53)68-42-51(38-40-75-68)73(5,6)7/h8-20,22-30,32-40,42-45,47-48H,21,31,41H2,1-7H3/i8D,9D,10D,11D,12D,13D,22D,23D,24D,25D. The summed E-state index contributed by atoms with van der Waals surface area (Å²) in [5, 5.41) is 2.10. The molecule has 0 spiro atoms. The van der Waals surface area contributed by atoms with Crippen molar-refractivity contribution in [2.45, 2.75) is 85.1 Å². The third-order valence-corrected chi connectivity index (χ3v) is 16.0. The third-order valence-electron chi connectivity index (χ3n) is 16.0. The number of benzene rings is 8. The van der Waals surface area contributed by atoms with Gasteiger partial charge in [-0.25, -0.2) is 4.98 Å². The number of rotatable bonds is 13. The minimum absolute atomic E-state index is 0.0621. The highest BCUT2D eigenvalue weighted by Gasteiger charge is 2.40. The van der Waals surface area contributed by atoms with Gasteiger partial charge in [0.1, 0.15) is 11.6 Å². The van der Waals surface area contributed by atoms with Crippen molar-refractivity contribution < 1.29 is 27.7 Å². The van der Waals surface area contributed by atoms with Gasteiger partial charge in [-0.2, -0.15) is 9.97 Å². The van der Waals surface area contributed by atoms with Crippen molar-refractivity contribution in [1.29, 1.82) is 0 Å². The molecule has 83 heavy (non-hydrogen) atoms. The minimum Gasteiger partial charge on any atom is -0.454 e. The highest BCUT2D eigenvalue weighted by molar-refractivity contribution is 6.86. The molecular formula is C73H64BN7O2. The molecule has 0 unspecified atom stereocenters. The average molecular weight is 1090 g/mol. The second kappa shape index (κ2) is 20.8. The summed E-state index contributed by atoms with van der Waals surface area (Å²) in [7, 11) is 0. The van der Waals surface area contributed by atoms with E-state index in [4.69, 9.17) is 38.1 Å². The van der Waals surface area contributed by atoms with Crippen LogP contribution in [0.15, 0.2) is 212 Å². The van der Waals surface area contributed by atoms with Gasteiger partial charge in [0.2, 0.25) is 0 Å². The van der Waals surface area contributed by atoms with Gasteiger partial charge in [0.25, 0.3) is 6.01 Å². The molecule has 0 fully saturated rings. The van der Waals surface area contributed by atoms with Crippen molar-refractivity contribution in [2.24, 2.45) is 0 Å². The molecule has 0 amide bonds. The van der Waals surface area contributed by atoms with E-state index in [-0.39, 0.29) is 52.5 Å². The highest BCUT2D eigenvalue weighted by Crippen LogP contribution is 2.43.